The van der Waals surface area contributed by atoms with Crippen LogP contribution in [0, 0.1) is 0 Å². The first-order valence-electron chi connectivity index (χ1n) is 1.61. The third-order valence-corrected chi connectivity index (χ3v) is 0.615. The molecule has 0 atom stereocenters. The van der Waals surface area contributed by atoms with E-state index < -0.39 is 11.0 Å². The van der Waals surface area contributed by atoms with Gasteiger partial charge < -0.3 is 0 Å². The fourth-order valence-electron chi connectivity index (χ4n) is 0.0802. The van der Waals surface area contributed by atoms with Gasteiger partial charge in [0.05, 0.1) is 7.85 Å². The zero-order valence-electron chi connectivity index (χ0n) is 3.48. The minimum absolute atomic E-state index is 0.303. The normalized spacial score (nSPS) is 8.14. The van der Waals surface area contributed by atoms with Crippen LogP contribution in [0.1, 0.15) is 0 Å². The van der Waals surface area contributed by atoms with Crippen molar-refractivity contribution in [3.8, 4) is 0 Å². The highest BCUT2D eigenvalue weighted by Crippen LogP contribution is 1.84. The van der Waals surface area contributed by atoms with Crippen LogP contribution in [0.4, 0.5) is 0 Å². The lowest BCUT2D eigenvalue weighted by molar-refractivity contribution is -0.130. The average molecular weight is 116 g/mol. The molecular weight excluding hydrogens is 114 g/mol. The lowest BCUT2D eigenvalue weighted by atomic mass is 10.0. The van der Waals surface area contributed by atoms with E-state index in [-0.39, 0.29) is 6.32 Å². The predicted octanol–water partition coefficient (Wildman–Crippen LogP) is -0.0923. The summed E-state index contributed by atoms with van der Waals surface area (Å²) in [4.78, 5) is 19.6. The van der Waals surface area contributed by atoms with Gasteiger partial charge in [-0.15, -0.1) is 0 Å². The first-order chi connectivity index (χ1) is 3.18. The molecule has 2 radical (unpaired) electrons. The summed E-state index contributed by atoms with van der Waals surface area (Å²) in [5.41, 5.74) is 0. The molecule has 36 valence electrons. The van der Waals surface area contributed by atoms with Gasteiger partial charge in [-0.1, -0.05) is 0 Å². The van der Waals surface area contributed by atoms with Crippen LogP contribution in [0.15, 0.2) is 0 Å². The maximum Gasteiger partial charge on any atom is 0.287 e. The molecule has 0 spiro atoms. The lowest BCUT2D eigenvalue weighted by Gasteiger charge is -1.79. The fourth-order valence-corrected chi connectivity index (χ4v) is 0.157. The van der Waals surface area contributed by atoms with Gasteiger partial charge in [-0.2, -0.15) is 0 Å². The Bertz CT molecular complexity index is 101. The van der Waals surface area contributed by atoms with E-state index in [4.69, 9.17) is 7.85 Å². The van der Waals surface area contributed by atoms with Gasteiger partial charge in [0.1, 0.15) is 0 Å². The molecule has 0 N–H and O–H groups in total. The molecule has 0 heterocycles. The molecule has 0 saturated heterocycles. The fraction of sp³-hybridized carbons (Fsp3) is 0.333. The molecule has 0 saturated carbocycles. The Labute approximate surface area is 47.2 Å². The molecule has 0 amide bonds. The molecule has 0 unspecified atom stereocenters. The van der Waals surface area contributed by atoms with Gasteiger partial charge in [0.25, 0.3) is 5.24 Å². The number of halogens is 1. The molecular formula is C3H2BClO2. The molecule has 0 aliphatic carbocycles. The molecule has 0 aromatic carbocycles. The van der Waals surface area contributed by atoms with Gasteiger partial charge in [0.2, 0.25) is 5.78 Å². The summed E-state index contributed by atoms with van der Waals surface area (Å²) >= 11 is 4.66. The van der Waals surface area contributed by atoms with Crippen molar-refractivity contribution >= 4 is 30.5 Å². The second-order valence-corrected chi connectivity index (χ2v) is 1.24. The second kappa shape index (κ2) is 2.80. The summed E-state index contributed by atoms with van der Waals surface area (Å²) in [6.07, 6.45) is -0.303. The Morgan fingerprint density at radius 1 is 1.57 bits per heavy atom. The molecule has 0 aromatic heterocycles. The van der Waals surface area contributed by atoms with E-state index in [2.05, 4.69) is 11.6 Å². The van der Waals surface area contributed by atoms with Crippen molar-refractivity contribution in [1.29, 1.82) is 0 Å². The molecule has 0 bridgehead atoms. The van der Waals surface area contributed by atoms with E-state index in [0.29, 0.717) is 0 Å². The smallest absolute Gasteiger partial charge is 0.287 e. The number of hydrogen-bond donors (Lipinski definition) is 0. The van der Waals surface area contributed by atoms with E-state index in [1.807, 2.05) is 0 Å². The SMILES string of the molecule is [B]CC(=O)C(=O)Cl. The minimum Gasteiger partial charge on any atom is -0.290 e. The summed E-state index contributed by atoms with van der Waals surface area (Å²) in [5.74, 6) is -0.748. The molecule has 7 heavy (non-hydrogen) atoms. The van der Waals surface area contributed by atoms with Crippen LogP contribution in [0.25, 0.3) is 0 Å². The van der Waals surface area contributed by atoms with Crippen molar-refractivity contribution in [3.63, 3.8) is 0 Å². The highest BCUT2D eigenvalue weighted by Gasteiger charge is 2.03. The third-order valence-electron chi connectivity index (χ3n) is 0.405. The maximum atomic E-state index is 9.91. The van der Waals surface area contributed by atoms with Gasteiger partial charge in [0.15, 0.2) is 0 Å². The summed E-state index contributed by atoms with van der Waals surface area (Å²) in [6.45, 7) is 0. The lowest BCUT2D eigenvalue weighted by Crippen LogP contribution is -2.04. The number of ketones is 1. The summed E-state index contributed by atoms with van der Waals surface area (Å²) in [7, 11) is 4.72. The van der Waals surface area contributed by atoms with Crippen molar-refractivity contribution in [3.05, 3.63) is 0 Å². The molecule has 0 fully saturated rings. The van der Waals surface area contributed by atoms with Crippen molar-refractivity contribution in [2.75, 3.05) is 0 Å². The molecule has 0 aromatic rings. The molecule has 4 heteroatoms. The van der Waals surface area contributed by atoms with Crippen LogP contribution in [0.3, 0.4) is 0 Å². The molecule has 0 rings (SSSR count). The molecule has 0 aliphatic heterocycles. The number of rotatable bonds is 2. The number of hydrogen-bond acceptors (Lipinski definition) is 2. The van der Waals surface area contributed by atoms with Crippen LogP contribution in [-0.4, -0.2) is 18.9 Å². The van der Waals surface area contributed by atoms with Crippen molar-refractivity contribution < 1.29 is 9.59 Å². The zero-order chi connectivity index (χ0) is 5.86. The number of carbonyl (C=O) groups excluding carboxylic acids is 2. The van der Waals surface area contributed by atoms with Crippen LogP contribution >= 0.6 is 11.6 Å². The van der Waals surface area contributed by atoms with Crippen molar-refractivity contribution in [1.82, 2.24) is 0 Å². The maximum absolute atomic E-state index is 9.91. The van der Waals surface area contributed by atoms with Crippen molar-refractivity contribution in [2.24, 2.45) is 0 Å². The van der Waals surface area contributed by atoms with Gasteiger partial charge >= 0.3 is 0 Å². The standard InChI is InChI=1S/C3H2BClO2/c4-1-2(6)3(5)7/h1H2. The summed E-state index contributed by atoms with van der Waals surface area (Å²) < 4.78 is 0. The molecule has 0 aliphatic rings. The Morgan fingerprint density at radius 2 is 2.00 bits per heavy atom. The first-order valence-corrected chi connectivity index (χ1v) is 1.99. The van der Waals surface area contributed by atoms with E-state index in [1.165, 1.54) is 0 Å². The van der Waals surface area contributed by atoms with E-state index in [9.17, 15) is 9.59 Å². The van der Waals surface area contributed by atoms with E-state index in [1.54, 1.807) is 0 Å². The minimum atomic E-state index is -0.998. The predicted molar refractivity (Wildman–Crippen MR) is 26.4 cm³/mol. The second-order valence-electron chi connectivity index (χ2n) is 0.901. The highest BCUT2D eigenvalue weighted by molar-refractivity contribution is 6.82. The monoisotopic (exact) mass is 116 g/mol. The van der Waals surface area contributed by atoms with Crippen LogP contribution in [-0.2, 0) is 9.59 Å². The Balaban J connectivity index is 3.58. The van der Waals surface area contributed by atoms with E-state index >= 15 is 0 Å². The summed E-state index contributed by atoms with van der Waals surface area (Å²) in [5, 5.41) is -0.998. The highest BCUT2D eigenvalue weighted by atomic mass is 35.5. The third kappa shape index (κ3) is 2.40. The summed E-state index contributed by atoms with van der Waals surface area (Å²) in [6, 6.07) is 0. The first kappa shape index (κ1) is 6.69. The Hall–Kier alpha value is -0.305. The van der Waals surface area contributed by atoms with Crippen LogP contribution < -0.4 is 0 Å². The number of carbonyl (C=O) groups is 2. The van der Waals surface area contributed by atoms with Crippen LogP contribution in [0.2, 0.25) is 6.32 Å². The van der Waals surface area contributed by atoms with Gasteiger partial charge in [-0.05, 0) is 17.9 Å². The largest absolute Gasteiger partial charge is 0.290 e. The number of Topliss-reactive ketones (excluding diaryl/α,β-unsaturated/α-hetero) is 1. The van der Waals surface area contributed by atoms with Gasteiger partial charge in [-0.3, -0.25) is 9.59 Å². The van der Waals surface area contributed by atoms with E-state index in [0.717, 1.165) is 0 Å². The van der Waals surface area contributed by atoms with Gasteiger partial charge in [-0.25, -0.2) is 0 Å². The van der Waals surface area contributed by atoms with Gasteiger partial charge in [0, 0.05) is 0 Å². The average Bonchev–Trinajstić information content (AvgIpc) is 1.65. The Morgan fingerprint density at radius 3 is 2.00 bits per heavy atom. The topological polar surface area (TPSA) is 34.1 Å². The zero-order valence-corrected chi connectivity index (χ0v) is 4.23. The van der Waals surface area contributed by atoms with Crippen molar-refractivity contribution in [2.45, 2.75) is 6.32 Å². The van der Waals surface area contributed by atoms with Crippen LogP contribution in [0.5, 0.6) is 0 Å². The Kier molecular flexibility index (Phi) is 2.68. The quantitative estimate of drug-likeness (QED) is 0.287. The molecule has 2 nitrogen and oxygen atoms in total.